The van der Waals surface area contributed by atoms with Crippen LogP contribution in [0, 0.1) is 6.92 Å². The summed E-state index contributed by atoms with van der Waals surface area (Å²) in [4.78, 5) is 16.6. The zero-order valence-electron chi connectivity index (χ0n) is 13.1. The van der Waals surface area contributed by atoms with Crippen LogP contribution in [0.1, 0.15) is 29.3 Å². The number of amides is 1. The van der Waals surface area contributed by atoms with Crippen LogP contribution in [0.4, 0.5) is 5.13 Å². The SMILES string of the molecule is COC(C)c1nnc(NC(=O)Cc2cnc3c(C)cccn23)s1. The number of ether oxygens (including phenoxy) is 1. The molecule has 0 radical (unpaired) electrons. The monoisotopic (exact) mass is 331 g/mol. The molecule has 1 atom stereocenters. The first-order chi connectivity index (χ1) is 11.1. The predicted molar refractivity (Wildman–Crippen MR) is 87.6 cm³/mol. The number of imidazole rings is 1. The van der Waals surface area contributed by atoms with Crippen molar-refractivity contribution in [1.29, 1.82) is 0 Å². The van der Waals surface area contributed by atoms with E-state index in [0.717, 1.165) is 21.9 Å². The molecule has 3 aromatic heterocycles. The van der Waals surface area contributed by atoms with Crippen molar-refractivity contribution in [3.05, 3.63) is 40.8 Å². The topological polar surface area (TPSA) is 81.4 Å². The molecule has 0 fully saturated rings. The summed E-state index contributed by atoms with van der Waals surface area (Å²) >= 11 is 1.31. The third-order valence-corrected chi connectivity index (χ3v) is 4.54. The van der Waals surface area contributed by atoms with Crippen molar-refractivity contribution in [2.24, 2.45) is 0 Å². The van der Waals surface area contributed by atoms with E-state index in [9.17, 15) is 4.79 Å². The average Bonchev–Trinajstić information content (AvgIpc) is 3.15. The first-order valence-corrected chi connectivity index (χ1v) is 7.97. The summed E-state index contributed by atoms with van der Waals surface area (Å²) in [7, 11) is 1.61. The van der Waals surface area contributed by atoms with Crippen LogP contribution in [-0.4, -0.2) is 32.6 Å². The molecule has 1 amide bonds. The maximum absolute atomic E-state index is 12.2. The second-order valence-corrected chi connectivity index (χ2v) is 6.19. The molecule has 0 saturated carbocycles. The van der Waals surface area contributed by atoms with Crippen molar-refractivity contribution in [1.82, 2.24) is 19.6 Å². The van der Waals surface area contributed by atoms with E-state index in [-0.39, 0.29) is 18.4 Å². The van der Waals surface area contributed by atoms with Crippen molar-refractivity contribution in [3.63, 3.8) is 0 Å². The Hall–Kier alpha value is -2.32. The van der Waals surface area contributed by atoms with Crippen molar-refractivity contribution < 1.29 is 9.53 Å². The van der Waals surface area contributed by atoms with Gasteiger partial charge in [-0.1, -0.05) is 17.4 Å². The molecule has 3 heterocycles. The number of anilines is 1. The molecule has 120 valence electrons. The Morgan fingerprint density at radius 3 is 3.09 bits per heavy atom. The Morgan fingerprint density at radius 1 is 1.48 bits per heavy atom. The largest absolute Gasteiger partial charge is 0.374 e. The van der Waals surface area contributed by atoms with Crippen LogP contribution < -0.4 is 5.32 Å². The summed E-state index contributed by atoms with van der Waals surface area (Å²) in [6, 6.07) is 3.93. The fourth-order valence-electron chi connectivity index (χ4n) is 2.21. The van der Waals surface area contributed by atoms with Crippen LogP contribution in [0.15, 0.2) is 24.5 Å². The van der Waals surface area contributed by atoms with Crippen LogP contribution in [0.2, 0.25) is 0 Å². The lowest BCUT2D eigenvalue weighted by Crippen LogP contribution is -2.15. The summed E-state index contributed by atoms with van der Waals surface area (Å²) in [6.07, 6.45) is 3.71. The third-order valence-electron chi connectivity index (χ3n) is 3.54. The van der Waals surface area contributed by atoms with Crippen molar-refractivity contribution in [2.75, 3.05) is 12.4 Å². The lowest BCUT2D eigenvalue weighted by Gasteiger charge is -2.03. The molecule has 0 aromatic carbocycles. The van der Waals surface area contributed by atoms with Gasteiger partial charge >= 0.3 is 0 Å². The number of rotatable bonds is 5. The van der Waals surface area contributed by atoms with Gasteiger partial charge in [-0.05, 0) is 25.5 Å². The van der Waals surface area contributed by atoms with E-state index in [1.165, 1.54) is 11.3 Å². The van der Waals surface area contributed by atoms with Gasteiger partial charge < -0.3 is 14.5 Å². The molecule has 1 N–H and O–H groups in total. The van der Waals surface area contributed by atoms with Gasteiger partial charge in [0.2, 0.25) is 11.0 Å². The highest BCUT2D eigenvalue weighted by Gasteiger charge is 2.14. The third kappa shape index (κ3) is 3.22. The van der Waals surface area contributed by atoms with Crippen molar-refractivity contribution in [2.45, 2.75) is 26.4 Å². The average molecular weight is 331 g/mol. The molecular weight excluding hydrogens is 314 g/mol. The standard InChI is InChI=1S/C15H17N5O2S/c1-9-5-4-6-20-11(8-16-13(9)20)7-12(21)17-15-19-18-14(23-15)10(2)22-3/h4-6,8,10H,7H2,1-3H3,(H,17,19,21). The molecule has 3 rings (SSSR count). The summed E-state index contributed by atoms with van der Waals surface area (Å²) in [5.74, 6) is -0.152. The van der Waals surface area contributed by atoms with Crippen LogP contribution in [0.5, 0.6) is 0 Å². The number of hydrogen-bond acceptors (Lipinski definition) is 6. The molecule has 8 heteroatoms. The minimum atomic E-state index is -0.152. The number of carbonyl (C=O) groups is 1. The van der Waals surface area contributed by atoms with E-state index in [1.54, 1.807) is 13.3 Å². The fraction of sp³-hybridized carbons (Fsp3) is 0.333. The lowest BCUT2D eigenvalue weighted by atomic mass is 10.3. The van der Waals surface area contributed by atoms with Crippen LogP contribution in [-0.2, 0) is 16.0 Å². The first kappa shape index (κ1) is 15.6. The Morgan fingerprint density at radius 2 is 2.30 bits per heavy atom. The number of aromatic nitrogens is 4. The number of fused-ring (bicyclic) bond motifs is 1. The minimum absolute atomic E-state index is 0.139. The summed E-state index contributed by atoms with van der Waals surface area (Å²) in [6.45, 7) is 3.87. The molecule has 0 aliphatic carbocycles. The minimum Gasteiger partial charge on any atom is -0.374 e. The van der Waals surface area contributed by atoms with E-state index >= 15 is 0 Å². The molecule has 0 spiro atoms. The fourth-order valence-corrected chi connectivity index (χ4v) is 3.00. The van der Waals surface area contributed by atoms with Gasteiger partial charge in [0.1, 0.15) is 16.8 Å². The van der Waals surface area contributed by atoms with E-state index in [1.807, 2.05) is 36.6 Å². The zero-order chi connectivity index (χ0) is 16.4. The number of methoxy groups -OCH3 is 1. The summed E-state index contributed by atoms with van der Waals surface area (Å²) in [5, 5.41) is 11.9. The number of nitrogens with zero attached hydrogens (tertiary/aromatic N) is 4. The Labute approximate surface area is 137 Å². The van der Waals surface area contributed by atoms with Crippen LogP contribution in [0.25, 0.3) is 5.65 Å². The van der Waals surface area contributed by atoms with E-state index in [4.69, 9.17) is 4.74 Å². The molecule has 23 heavy (non-hydrogen) atoms. The van der Waals surface area contributed by atoms with Gasteiger partial charge in [-0.2, -0.15) is 0 Å². The van der Waals surface area contributed by atoms with Gasteiger partial charge in [-0.3, -0.25) is 4.79 Å². The summed E-state index contributed by atoms with van der Waals surface area (Å²) in [5.41, 5.74) is 2.76. The number of aryl methyl sites for hydroxylation is 1. The molecule has 7 nitrogen and oxygen atoms in total. The number of pyridine rings is 1. The second kappa shape index (κ2) is 6.43. The van der Waals surface area contributed by atoms with Gasteiger partial charge in [-0.25, -0.2) is 4.98 Å². The first-order valence-electron chi connectivity index (χ1n) is 7.16. The zero-order valence-corrected chi connectivity index (χ0v) is 13.9. The lowest BCUT2D eigenvalue weighted by molar-refractivity contribution is -0.115. The Balaban J connectivity index is 1.71. The van der Waals surface area contributed by atoms with Gasteiger partial charge in [0.05, 0.1) is 12.1 Å². The molecule has 3 aromatic rings. The molecular formula is C15H17N5O2S. The number of carbonyl (C=O) groups excluding carboxylic acids is 1. The van der Waals surface area contributed by atoms with Crippen LogP contribution in [0.3, 0.4) is 0 Å². The molecule has 0 aliphatic heterocycles. The van der Waals surface area contributed by atoms with Gasteiger partial charge in [0.25, 0.3) is 0 Å². The highest BCUT2D eigenvalue weighted by Crippen LogP contribution is 2.23. The maximum atomic E-state index is 12.2. The highest BCUT2D eigenvalue weighted by atomic mass is 32.1. The van der Waals surface area contributed by atoms with Gasteiger partial charge in [0.15, 0.2) is 0 Å². The van der Waals surface area contributed by atoms with Crippen molar-refractivity contribution in [3.8, 4) is 0 Å². The number of nitrogens with one attached hydrogen (secondary N) is 1. The Bertz CT molecular complexity index is 841. The number of hydrogen-bond donors (Lipinski definition) is 1. The van der Waals surface area contributed by atoms with Gasteiger partial charge in [-0.15, -0.1) is 10.2 Å². The second-order valence-electron chi connectivity index (χ2n) is 5.18. The molecule has 0 bridgehead atoms. The molecule has 1 unspecified atom stereocenters. The molecule has 0 saturated heterocycles. The van der Waals surface area contributed by atoms with Gasteiger partial charge in [0, 0.05) is 19.5 Å². The Kier molecular flexibility index (Phi) is 4.35. The maximum Gasteiger partial charge on any atom is 0.232 e. The normalized spacial score (nSPS) is 12.5. The van der Waals surface area contributed by atoms with Crippen molar-refractivity contribution >= 4 is 28.0 Å². The smallest absolute Gasteiger partial charge is 0.232 e. The molecule has 0 aliphatic rings. The highest BCUT2D eigenvalue weighted by molar-refractivity contribution is 7.15. The summed E-state index contributed by atoms with van der Waals surface area (Å²) < 4.78 is 7.11. The van der Waals surface area contributed by atoms with E-state index in [2.05, 4.69) is 20.5 Å². The van der Waals surface area contributed by atoms with E-state index < -0.39 is 0 Å². The van der Waals surface area contributed by atoms with Crippen LogP contribution >= 0.6 is 11.3 Å². The predicted octanol–water partition coefficient (Wildman–Crippen LogP) is 2.38. The van der Waals surface area contributed by atoms with E-state index in [0.29, 0.717) is 5.13 Å². The quantitative estimate of drug-likeness (QED) is 0.776.